The summed E-state index contributed by atoms with van der Waals surface area (Å²) in [7, 11) is 0. The smallest absolute Gasteiger partial charge is 0.123 e. The van der Waals surface area contributed by atoms with Crippen molar-refractivity contribution in [3.8, 4) is 0 Å². The van der Waals surface area contributed by atoms with E-state index in [0.717, 1.165) is 16.8 Å². The quantitative estimate of drug-likeness (QED) is 0.856. The molecule has 16 heavy (non-hydrogen) atoms. The molecule has 2 rings (SSSR count). The van der Waals surface area contributed by atoms with E-state index in [9.17, 15) is 4.39 Å². The summed E-state index contributed by atoms with van der Waals surface area (Å²) < 4.78 is 14.6. The van der Waals surface area contributed by atoms with Gasteiger partial charge >= 0.3 is 0 Å². The van der Waals surface area contributed by atoms with E-state index in [1.165, 1.54) is 12.1 Å². The topological polar surface area (TPSA) is 43.8 Å². The minimum Gasteiger partial charge on any atom is -0.326 e. The maximum Gasteiger partial charge on any atom is 0.123 e. The van der Waals surface area contributed by atoms with E-state index in [0.29, 0.717) is 13.1 Å². The van der Waals surface area contributed by atoms with Gasteiger partial charge in [-0.25, -0.2) is 4.39 Å². The molecule has 1 aromatic heterocycles. The minimum atomic E-state index is -0.219. The summed E-state index contributed by atoms with van der Waals surface area (Å²) in [5, 5.41) is 4.25. The zero-order chi connectivity index (χ0) is 11.5. The van der Waals surface area contributed by atoms with Crippen LogP contribution in [0.15, 0.2) is 30.5 Å². The molecule has 0 aliphatic heterocycles. The highest BCUT2D eigenvalue weighted by molar-refractivity contribution is 5.20. The monoisotopic (exact) mass is 219 g/mol. The van der Waals surface area contributed by atoms with Crippen molar-refractivity contribution < 1.29 is 4.39 Å². The van der Waals surface area contributed by atoms with Crippen molar-refractivity contribution in [1.29, 1.82) is 0 Å². The average Bonchev–Trinajstić information content (AvgIpc) is 2.63. The van der Waals surface area contributed by atoms with Crippen LogP contribution in [0, 0.1) is 12.7 Å². The number of nitrogens with two attached hydrogens (primary N) is 1. The summed E-state index contributed by atoms with van der Waals surface area (Å²) in [6.07, 6.45) is 1.78. The maximum absolute atomic E-state index is 12.7. The molecule has 84 valence electrons. The fourth-order valence-corrected chi connectivity index (χ4v) is 1.61. The lowest BCUT2D eigenvalue weighted by Gasteiger charge is -2.05. The summed E-state index contributed by atoms with van der Waals surface area (Å²) in [6, 6.07) is 6.44. The summed E-state index contributed by atoms with van der Waals surface area (Å²) in [5.41, 5.74) is 8.70. The van der Waals surface area contributed by atoms with Crippen molar-refractivity contribution in [2.45, 2.75) is 20.0 Å². The fourth-order valence-electron chi connectivity index (χ4n) is 1.61. The zero-order valence-electron chi connectivity index (χ0n) is 9.15. The Balaban J connectivity index is 2.20. The van der Waals surface area contributed by atoms with E-state index in [1.54, 1.807) is 18.3 Å². The van der Waals surface area contributed by atoms with Crippen LogP contribution in [0.25, 0.3) is 0 Å². The summed E-state index contributed by atoms with van der Waals surface area (Å²) >= 11 is 0. The molecular weight excluding hydrogens is 205 g/mol. The predicted octanol–water partition coefficient (Wildman–Crippen LogP) is 1.84. The number of aromatic nitrogens is 2. The summed E-state index contributed by atoms with van der Waals surface area (Å²) in [5.74, 6) is -0.219. The maximum atomic E-state index is 12.7. The lowest BCUT2D eigenvalue weighted by atomic mass is 10.2. The van der Waals surface area contributed by atoms with Crippen LogP contribution in [0.4, 0.5) is 4.39 Å². The minimum absolute atomic E-state index is 0.219. The van der Waals surface area contributed by atoms with Gasteiger partial charge in [0.25, 0.3) is 0 Å². The van der Waals surface area contributed by atoms with Crippen LogP contribution < -0.4 is 5.73 Å². The molecule has 0 fully saturated rings. The predicted molar refractivity (Wildman–Crippen MR) is 60.4 cm³/mol. The van der Waals surface area contributed by atoms with Crippen molar-refractivity contribution in [3.63, 3.8) is 0 Å². The van der Waals surface area contributed by atoms with Crippen LogP contribution in [0.3, 0.4) is 0 Å². The van der Waals surface area contributed by atoms with Crippen LogP contribution >= 0.6 is 0 Å². The van der Waals surface area contributed by atoms with Crippen LogP contribution in [-0.2, 0) is 13.1 Å². The Morgan fingerprint density at radius 2 is 2.00 bits per heavy atom. The van der Waals surface area contributed by atoms with Crippen molar-refractivity contribution in [3.05, 3.63) is 53.1 Å². The van der Waals surface area contributed by atoms with Gasteiger partial charge in [-0.3, -0.25) is 4.68 Å². The lowest BCUT2D eigenvalue weighted by Crippen LogP contribution is -2.05. The number of hydrogen-bond donors (Lipinski definition) is 1. The second kappa shape index (κ2) is 4.45. The van der Waals surface area contributed by atoms with Gasteiger partial charge < -0.3 is 5.73 Å². The first kappa shape index (κ1) is 10.8. The third-order valence-electron chi connectivity index (χ3n) is 2.67. The van der Waals surface area contributed by atoms with E-state index < -0.39 is 0 Å². The highest BCUT2D eigenvalue weighted by Gasteiger charge is 2.05. The number of halogens is 1. The van der Waals surface area contributed by atoms with Gasteiger partial charge in [-0.1, -0.05) is 12.1 Å². The molecule has 0 amide bonds. The molecule has 0 bridgehead atoms. The van der Waals surface area contributed by atoms with E-state index in [1.807, 2.05) is 11.6 Å². The van der Waals surface area contributed by atoms with Crippen molar-refractivity contribution >= 4 is 0 Å². The van der Waals surface area contributed by atoms with Gasteiger partial charge in [0.15, 0.2) is 0 Å². The van der Waals surface area contributed by atoms with Gasteiger partial charge in [-0.15, -0.1) is 0 Å². The van der Waals surface area contributed by atoms with Crippen molar-refractivity contribution in [1.82, 2.24) is 9.78 Å². The van der Waals surface area contributed by atoms with Crippen LogP contribution in [-0.4, -0.2) is 9.78 Å². The highest BCUT2D eigenvalue weighted by Crippen LogP contribution is 2.10. The summed E-state index contributed by atoms with van der Waals surface area (Å²) in [6.45, 7) is 3.13. The molecule has 0 radical (unpaired) electrons. The van der Waals surface area contributed by atoms with Gasteiger partial charge in [-0.2, -0.15) is 5.10 Å². The molecule has 1 aromatic carbocycles. The Labute approximate surface area is 93.7 Å². The first-order valence-corrected chi connectivity index (χ1v) is 5.16. The first-order valence-electron chi connectivity index (χ1n) is 5.16. The standard InChI is InChI=1S/C12H14FN3/c1-9-11(6-14)7-15-16(9)8-10-2-4-12(13)5-3-10/h2-5,7H,6,8,14H2,1H3. The lowest BCUT2D eigenvalue weighted by molar-refractivity contribution is 0.623. The van der Waals surface area contributed by atoms with E-state index in [2.05, 4.69) is 5.10 Å². The van der Waals surface area contributed by atoms with Crippen molar-refractivity contribution in [2.75, 3.05) is 0 Å². The van der Waals surface area contributed by atoms with Gasteiger partial charge in [0.2, 0.25) is 0 Å². The molecule has 4 heteroatoms. The third-order valence-corrected chi connectivity index (χ3v) is 2.67. The molecule has 2 aromatic rings. The molecule has 0 aliphatic rings. The van der Waals surface area contributed by atoms with Gasteiger partial charge in [-0.05, 0) is 24.6 Å². The van der Waals surface area contributed by atoms with Crippen LogP contribution in [0.2, 0.25) is 0 Å². The molecule has 3 nitrogen and oxygen atoms in total. The Morgan fingerprint density at radius 1 is 1.31 bits per heavy atom. The number of hydrogen-bond acceptors (Lipinski definition) is 2. The molecular formula is C12H14FN3. The average molecular weight is 219 g/mol. The van der Waals surface area contributed by atoms with Gasteiger partial charge in [0.05, 0.1) is 12.7 Å². The van der Waals surface area contributed by atoms with Crippen LogP contribution in [0.5, 0.6) is 0 Å². The molecule has 2 N–H and O–H groups in total. The van der Waals surface area contributed by atoms with Crippen LogP contribution in [0.1, 0.15) is 16.8 Å². The van der Waals surface area contributed by atoms with E-state index >= 15 is 0 Å². The molecule has 0 atom stereocenters. The van der Waals surface area contributed by atoms with Gasteiger partial charge in [0, 0.05) is 17.8 Å². The van der Waals surface area contributed by atoms with Gasteiger partial charge in [0.1, 0.15) is 5.82 Å². The SMILES string of the molecule is Cc1c(CN)cnn1Cc1ccc(F)cc1. The Hall–Kier alpha value is -1.68. The normalized spacial score (nSPS) is 10.7. The Kier molecular flexibility index (Phi) is 3.01. The first-order chi connectivity index (χ1) is 7.70. The number of rotatable bonds is 3. The fraction of sp³-hybridized carbons (Fsp3) is 0.250. The highest BCUT2D eigenvalue weighted by atomic mass is 19.1. The van der Waals surface area contributed by atoms with E-state index in [-0.39, 0.29) is 5.82 Å². The Morgan fingerprint density at radius 3 is 2.56 bits per heavy atom. The molecule has 0 saturated carbocycles. The Bertz CT molecular complexity index is 474. The molecule has 0 saturated heterocycles. The molecule has 1 heterocycles. The zero-order valence-corrected chi connectivity index (χ0v) is 9.15. The summed E-state index contributed by atoms with van der Waals surface area (Å²) in [4.78, 5) is 0. The largest absolute Gasteiger partial charge is 0.326 e. The number of benzene rings is 1. The van der Waals surface area contributed by atoms with E-state index in [4.69, 9.17) is 5.73 Å². The third kappa shape index (κ3) is 2.12. The van der Waals surface area contributed by atoms with Crippen molar-refractivity contribution in [2.24, 2.45) is 5.73 Å². The molecule has 0 aliphatic carbocycles. The second-order valence-electron chi connectivity index (χ2n) is 3.74. The number of nitrogens with zero attached hydrogens (tertiary/aromatic N) is 2. The molecule has 0 unspecified atom stereocenters. The molecule has 0 spiro atoms. The second-order valence-corrected chi connectivity index (χ2v) is 3.74.